The molecule has 2 aromatic rings. The summed E-state index contributed by atoms with van der Waals surface area (Å²) in [6.07, 6.45) is 4.80. The summed E-state index contributed by atoms with van der Waals surface area (Å²) >= 11 is 1.80. The van der Waals surface area contributed by atoms with Gasteiger partial charge in [-0.25, -0.2) is 0 Å². The summed E-state index contributed by atoms with van der Waals surface area (Å²) in [5.41, 5.74) is 3.79. The third-order valence-electron chi connectivity index (χ3n) is 5.34. The average Bonchev–Trinajstić information content (AvgIpc) is 2.68. The van der Waals surface area contributed by atoms with Gasteiger partial charge in [0.2, 0.25) is 5.91 Å². The quantitative estimate of drug-likeness (QED) is 0.835. The van der Waals surface area contributed by atoms with Crippen LogP contribution >= 0.6 is 11.8 Å². The Morgan fingerprint density at radius 1 is 1.23 bits per heavy atom. The fourth-order valence-corrected chi connectivity index (χ4v) is 5.26. The molecule has 0 bridgehead atoms. The molecule has 2 aliphatic heterocycles. The molecule has 2 atom stereocenters. The van der Waals surface area contributed by atoms with Crippen LogP contribution in [0.1, 0.15) is 28.9 Å². The first-order valence-corrected chi connectivity index (χ1v) is 10.4. The van der Waals surface area contributed by atoms with Gasteiger partial charge >= 0.3 is 0 Å². The van der Waals surface area contributed by atoms with E-state index in [1.165, 1.54) is 16.7 Å². The Hall–Kier alpha value is -1.85. The summed E-state index contributed by atoms with van der Waals surface area (Å²) in [6.45, 7) is 5.72. The first-order chi connectivity index (χ1) is 12.7. The number of nitrogens with zero attached hydrogens (tertiary/aromatic N) is 3. The summed E-state index contributed by atoms with van der Waals surface area (Å²) in [5.74, 6) is 1.32. The third kappa shape index (κ3) is 3.64. The van der Waals surface area contributed by atoms with Crippen LogP contribution in [-0.4, -0.2) is 52.1 Å². The molecule has 0 N–H and O–H groups in total. The highest BCUT2D eigenvalue weighted by Gasteiger charge is 2.35. The van der Waals surface area contributed by atoms with Gasteiger partial charge in [-0.2, -0.15) is 0 Å². The molecule has 0 aliphatic carbocycles. The number of pyridine rings is 1. The topological polar surface area (TPSA) is 36.4 Å². The molecule has 0 spiro atoms. The zero-order valence-electron chi connectivity index (χ0n) is 15.2. The van der Waals surface area contributed by atoms with Crippen LogP contribution in [0.25, 0.3) is 0 Å². The van der Waals surface area contributed by atoms with Gasteiger partial charge in [-0.1, -0.05) is 30.3 Å². The average molecular weight is 368 g/mol. The fourth-order valence-electron chi connectivity index (χ4n) is 4.00. The van der Waals surface area contributed by atoms with E-state index in [9.17, 15) is 4.79 Å². The van der Waals surface area contributed by atoms with E-state index in [0.717, 1.165) is 38.4 Å². The van der Waals surface area contributed by atoms with Gasteiger partial charge in [0.25, 0.3) is 0 Å². The lowest BCUT2D eigenvalue weighted by Crippen LogP contribution is -2.54. The van der Waals surface area contributed by atoms with Crippen molar-refractivity contribution in [2.45, 2.75) is 31.2 Å². The van der Waals surface area contributed by atoms with Crippen molar-refractivity contribution >= 4 is 17.7 Å². The van der Waals surface area contributed by atoms with Crippen LogP contribution in [0.3, 0.4) is 0 Å². The third-order valence-corrected chi connectivity index (χ3v) is 6.57. The van der Waals surface area contributed by atoms with E-state index in [1.807, 2.05) is 18.5 Å². The minimum Gasteiger partial charge on any atom is -0.336 e. The van der Waals surface area contributed by atoms with Gasteiger partial charge in [0.05, 0.1) is 0 Å². The Morgan fingerprint density at radius 3 is 2.92 bits per heavy atom. The van der Waals surface area contributed by atoms with Crippen LogP contribution in [0.5, 0.6) is 0 Å². The molecule has 1 aromatic carbocycles. The molecule has 3 heterocycles. The van der Waals surface area contributed by atoms with Crippen LogP contribution in [0.2, 0.25) is 0 Å². The predicted molar refractivity (Wildman–Crippen MR) is 106 cm³/mol. The predicted octanol–water partition coefficient (Wildman–Crippen LogP) is 3.14. The summed E-state index contributed by atoms with van der Waals surface area (Å²) in [6, 6.07) is 12.8. The van der Waals surface area contributed by atoms with Crippen molar-refractivity contribution in [2.75, 3.05) is 25.4 Å². The van der Waals surface area contributed by atoms with Gasteiger partial charge in [-0.3, -0.25) is 14.7 Å². The van der Waals surface area contributed by atoms with Crippen LogP contribution in [0, 0.1) is 0 Å². The van der Waals surface area contributed by atoms with Crippen molar-refractivity contribution in [1.82, 2.24) is 14.8 Å². The number of benzene rings is 1. The number of fused-ring (bicyclic) bond motifs is 1. The van der Waals surface area contributed by atoms with Crippen LogP contribution in [-0.2, 0) is 17.8 Å². The molecule has 0 radical (unpaired) electrons. The minimum absolute atomic E-state index is 0.0349. The van der Waals surface area contributed by atoms with E-state index in [1.54, 1.807) is 11.8 Å². The largest absolute Gasteiger partial charge is 0.336 e. The number of rotatable bonds is 3. The van der Waals surface area contributed by atoms with Gasteiger partial charge in [0.1, 0.15) is 5.25 Å². The van der Waals surface area contributed by atoms with Crippen molar-refractivity contribution in [3.8, 4) is 0 Å². The normalized spacial score (nSPS) is 23.5. The summed E-state index contributed by atoms with van der Waals surface area (Å²) < 4.78 is 0. The minimum atomic E-state index is -0.0349. The number of aromatic nitrogens is 1. The molecule has 136 valence electrons. The van der Waals surface area contributed by atoms with Crippen LogP contribution in [0.15, 0.2) is 48.8 Å². The van der Waals surface area contributed by atoms with Gasteiger partial charge < -0.3 is 4.90 Å². The highest BCUT2D eigenvalue weighted by atomic mass is 32.2. The maximum Gasteiger partial charge on any atom is 0.240 e. The van der Waals surface area contributed by atoms with E-state index in [0.29, 0.717) is 0 Å². The molecule has 4 nitrogen and oxygen atoms in total. The van der Waals surface area contributed by atoms with Crippen molar-refractivity contribution in [1.29, 1.82) is 0 Å². The fraction of sp³-hybridized carbons (Fsp3) is 0.429. The lowest BCUT2D eigenvalue weighted by Gasteiger charge is -2.41. The number of thioether (sulfide) groups is 1. The smallest absolute Gasteiger partial charge is 0.240 e. The number of carbonyl (C=O) groups is 1. The van der Waals surface area contributed by atoms with Gasteiger partial charge in [-0.05, 0) is 41.9 Å². The van der Waals surface area contributed by atoms with Crippen molar-refractivity contribution in [3.05, 3.63) is 65.5 Å². The van der Waals surface area contributed by atoms with Gasteiger partial charge in [0.15, 0.2) is 0 Å². The molecule has 4 rings (SSSR count). The molecule has 0 saturated carbocycles. The SMILES string of the molecule is C[C@@H]1CN(Cc2cccnc2)CCN1C(=O)[C@H]1SCCc2ccccc21. The number of carbonyl (C=O) groups excluding carboxylic acids is 1. The monoisotopic (exact) mass is 367 g/mol. The number of piperazine rings is 1. The number of hydrogen-bond donors (Lipinski definition) is 0. The lowest BCUT2D eigenvalue weighted by atomic mass is 10.00. The second-order valence-electron chi connectivity index (χ2n) is 7.18. The van der Waals surface area contributed by atoms with E-state index in [4.69, 9.17) is 0 Å². The molecule has 1 fully saturated rings. The zero-order chi connectivity index (χ0) is 17.9. The summed E-state index contributed by atoms with van der Waals surface area (Å²) in [5, 5.41) is -0.0349. The number of hydrogen-bond acceptors (Lipinski definition) is 4. The van der Waals surface area contributed by atoms with Gasteiger partial charge in [0, 0.05) is 44.6 Å². The maximum atomic E-state index is 13.3. The second kappa shape index (κ2) is 7.80. The van der Waals surface area contributed by atoms with E-state index < -0.39 is 0 Å². The van der Waals surface area contributed by atoms with Crippen molar-refractivity contribution < 1.29 is 4.79 Å². The molecule has 26 heavy (non-hydrogen) atoms. The standard InChI is InChI=1S/C21H25N3OS/c1-16-14-23(15-17-5-4-9-22-13-17)10-11-24(16)21(25)20-19-7-3-2-6-18(19)8-12-26-20/h2-7,9,13,16,20H,8,10-12,14-15H2,1H3/t16-,20+/m1/s1. The lowest BCUT2D eigenvalue weighted by molar-refractivity contribution is -0.135. The van der Waals surface area contributed by atoms with Crippen molar-refractivity contribution in [2.24, 2.45) is 0 Å². The Kier molecular flexibility index (Phi) is 5.27. The number of aryl methyl sites for hydroxylation is 1. The molecular formula is C21H25N3OS. The molecular weight excluding hydrogens is 342 g/mol. The molecule has 2 aliphatic rings. The maximum absolute atomic E-state index is 13.3. The van der Waals surface area contributed by atoms with E-state index in [-0.39, 0.29) is 17.2 Å². The Bertz CT molecular complexity index is 767. The zero-order valence-corrected chi connectivity index (χ0v) is 16.0. The highest BCUT2D eigenvalue weighted by molar-refractivity contribution is 8.00. The number of amides is 1. The first kappa shape index (κ1) is 17.6. The van der Waals surface area contributed by atoms with Crippen LogP contribution < -0.4 is 0 Å². The molecule has 1 saturated heterocycles. The van der Waals surface area contributed by atoms with E-state index >= 15 is 0 Å². The van der Waals surface area contributed by atoms with Gasteiger partial charge in [-0.15, -0.1) is 11.8 Å². The van der Waals surface area contributed by atoms with E-state index in [2.05, 4.69) is 52.0 Å². The highest BCUT2D eigenvalue weighted by Crippen LogP contribution is 2.38. The Labute approximate surface area is 159 Å². The molecule has 0 unspecified atom stereocenters. The Morgan fingerprint density at radius 2 is 2.12 bits per heavy atom. The first-order valence-electron chi connectivity index (χ1n) is 9.33. The summed E-state index contributed by atoms with van der Waals surface area (Å²) in [4.78, 5) is 22.0. The van der Waals surface area contributed by atoms with Crippen molar-refractivity contribution in [3.63, 3.8) is 0 Å². The van der Waals surface area contributed by atoms with Crippen LogP contribution in [0.4, 0.5) is 0 Å². The molecule has 5 heteroatoms. The molecule has 1 aromatic heterocycles. The summed E-state index contributed by atoms with van der Waals surface area (Å²) in [7, 11) is 0. The Balaban J connectivity index is 1.43. The second-order valence-corrected chi connectivity index (χ2v) is 8.39. The molecule has 1 amide bonds.